The summed E-state index contributed by atoms with van der Waals surface area (Å²) in [5.74, 6) is -3.04. The summed E-state index contributed by atoms with van der Waals surface area (Å²) in [6.45, 7) is 10.6. The van der Waals surface area contributed by atoms with Crippen molar-refractivity contribution in [3.05, 3.63) is 12.2 Å². The van der Waals surface area contributed by atoms with Crippen molar-refractivity contribution < 1.29 is 80.8 Å². The number of carbonyl (C=O) groups is 5. The molecular weight excluding hydrogens is 810 g/mol. The van der Waals surface area contributed by atoms with Crippen LogP contribution in [0.2, 0.25) is 0 Å². The molecule has 0 aromatic carbocycles. The van der Waals surface area contributed by atoms with Crippen LogP contribution in [-0.4, -0.2) is 219 Å². The minimum atomic E-state index is -1.26. The van der Waals surface area contributed by atoms with Gasteiger partial charge in [0.05, 0.1) is 152 Å². The SMILES string of the molecule is COCCOCCOCCOCCOCCOCCOCCOCCOCCOCCOCCOCCC(=O)NCCCC[C@H](NC(=O)[C@H](CN)N1C(=O)C=CC1=O)C(N)=O. The number of nitrogens with one attached hydrogen (secondary N) is 2. The van der Waals surface area contributed by atoms with E-state index < -0.39 is 35.7 Å². The van der Waals surface area contributed by atoms with E-state index in [1.54, 1.807) is 7.11 Å². The Morgan fingerprint density at radius 3 is 1.23 bits per heavy atom. The summed E-state index contributed by atoms with van der Waals surface area (Å²) in [4.78, 5) is 61.1. The summed E-state index contributed by atoms with van der Waals surface area (Å²) in [7, 11) is 1.64. The first-order chi connectivity index (χ1) is 29.8. The molecule has 0 aliphatic carbocycles. The Hall–Kier alpha value is -3.23. The predicted molar refractivity (Wildman–Crippen MR) is 217 cm³/mol. The second-order valence-electron chi connectivity index (χ2n) is 12.9. The first-order valence-electron chi connectivity index (χ1n) is 20.8. The van der Waals surface area contributed by atoms with Crippen molar-refractivity contribution in [3.8, 4) is 0 Å². The second kappa shape index (κ2) is 40.8. The molecular formula is C39H71N5O17. The van der Waals surface area contributed by atoms with Gasteiger partial charge >= 0.3 is 0 Å². The molecule has 1 aliphatic rings. The Morgan fingerprint density at radius 1 is 0.557 bits per heavy atom. The van der Waals surface area contributed by atoms with Gasteiger partial charge in [-0.1, -0.05) is 0 Å². The highest BCUT2D eigenvalue weighted by molar-refractivity contribution is 6.15. The van der Waals surface area contributed by atoms with Crippen molar-refractivity contribution in [2.45, 2.75) is 37.8 Å². The Balaban J connectivity index is 1.78. The average molecular weight is 882 g/mol. The molecule has 0 saturated carbocycles. The maximum Gasteiger partial charge on any atom is 0.254 e. The van der Waals surface area contributed by atoms with Gasteiger partial charge in [-0.3, -0.25) is 28.9 Å². The van der Waals surface area contributed by atoms with E-state index in [1.807, 2.05) is 0 Å². The van der Waals surface area contributed by atoms with E-state index in [0.717, 1.165) is 17.1 Å². The zero-order valence-electron chi connectivity index (χ0n) is 35.9. The fourth-order valence-electron chi connectivity index (χ4n) is 5.00. The molecule has 1 aliphatic heterocycles. The molecule has 0 saturated heterocycles. The van der Waals surface area contributed by atoms with Crippen LogP contribution in [-0.2, 0) is 80.8 Å². The number of hydrogen-bond acceptors (Lipinski definition) is 18. The van der Waals surface area contributed by atoms with Gasteiger partial charge < -0.3 is 78.9 Å². The molecule has 354 valence electrons. The third-order valence-corrected chi connectivity index (χ3v) is 8.21. The lowest BCUT2D eigenvalue weighted by atomic mass is 10.1. The van der Waals surface area contributed by atoms with Crippen molar-refractivity contribution in [1.82, 2.24) is 15.5 Å². The number of hydrogen-bond donors (Lipinski definition) is 4. The predicted octanol–water partition coefficient (Wildman–Crippen LogP) is -2.29. The molecule has 0 fully saturated rings. The fourth-order valence-corrected chi connectivity index (χ4v) is 5.00. The van der Waals surface area contributed by atoms with Crippen LogP contribution in [0.1, 0.15) is 25.7 Å². The van der Waals surface area contributed by atoms with Crippen LogP contribution in [0.5, 0.6) is 0 Å². The highest BCUT2D eigenvalue weighted by Crippen LogP contribution is 2.10. The van der Waals surface area contributed by atoms with Gasteiger partial charge in [-0.2, -0.15) is 0 Å². The van der Waals surface area contributed by atoms with Crippen molar-refractivity contribution >= 4 is 29.5 Å². The van der Waals surface area contributed by atoms with Crippen molar-refractivity contribution in [1.29, 1.82) is 0 Å². The van der Waals surface area contributed by atoms with E-state index >= 15 is 0 Å². The van der Waals surface area contributed by atoms with Crippen LogP contribution in [0, 0.1) is 0 Å². The second-order valence-corrected chi connectivity index (χ2v) is 12.9. The van der Waals surface area contributed by atoms with Gasteiger partial charge in [-0.25, -0.2) is 0 Å². The molecule has 0 aromatic rings. The summed E-state index contributed by atoms with van der Waals surface area (Å²) < 4.78 is 64.8. The molecule has 0 spiro atoms. The summed E-state index contributed by atoms with van der Waals surface area (Å²) in [5.41, 5.74) is 11.0. The molecule has 0 aromatic heterocycles. The van der Waals surface area contributed by atoms with Gasteiger partial charge in [0.25, 0.3) is 11.8 Å². The van der Waals surface area contributed by atoms with Crippen molar-refractivity contribution in [2.24, 2.45) is 11.5 Å². The maximum atomic E-state index is 12.6. The average Bonchev–Trinajstić information content (AvgIpc) is 3.58. The van der Waals surface area contributed by atoms with Crippen molar-refractivity contribution in [3.63, 3.8) is 0 Å². The van der Waals surface area contributed by atoms with E-state index in [1.165, 1.54) is 0 Å². The molecule has 1 heterocycles. The van der Waals surface area contributed by atoms with Crippen LogP contribution >= 0.6 is 0 Å². The number of unbranched alkanes of at least 4 members (excludes halogenated alkanes) is 1. The van der Waals surface area contributed by atoms with E-state index in [9.17, 15) is 24.0 Å². The first kappa shape index (κ1) is 55.8. The standard InChI is InChI=1S/C39H71N5O17/c1-50-10-11-52-14-15-54-18-19-56-22-23-58-26-27-60-30-31-61-29-28-59-25-24-57-21-20-55-17-16-53-13-12-51-9-7-35(45)42-8-3-2-4-33(38(41)48)43-39(49)34(32-40)44-36(46)5-6-37(44)47/h5-6,33-34H,2-4,7-32,40H2,1H3,(H2,41,48)(H,42,45)(H,43,49)/t33-,34-/m0/s1. The van der Waals surface area contributed by atoms with Gasteiger partial charge in [-0.05, 0) is 19.3 Å². The molecule has 5 amide bonds. The Bertz CT molecular complexity index is 1150. The molecule has 22 nitrogen and oxygen atoms in total. The Morgan fingerprint density at radius 2 is 0.902 bits per heavy atom. The number of amides is 5. The molecule has 61 heavy (non-hydrogen) atoms. The lowest BCUT2D eigenvalue weighted by Crippen LogP contribution is -2.57. The summed E-state index contributed by atoms with van der Waals surface area (Å²) in [5, 5.41) is 5.23. The smallest absolute Gasteiger partial charge is 0.254 e. The minimum Gasteiger partial charge on any atom is -0.382 e. The number of nitrogens with zero attached hydrogens (tertiary/aromatic N) is 1. The molecule has 0 bridgehead atoms. The van der Waals surface area contributed by atoms with Crippen LogP contribution in [0.25, 0.3) is 0 Å². The quantitative estimate of drug-likeness (QED) is 0.0370. The van der Waals surface area contributed by atoms with Gasteiger partial charge in [0, 0.05) is 38.8 Å². The number of ether oxygens (including phenoxy) is 12. The number of rotatable bonds is 46. The summed E-state index contributed by atoms with van der Waals surface area (Å²) >= 11 is 0. The van der Waals surface area contributed by atoms with Crippen LogP contribution in [0.15, 0.2) is 12.2 Å². The zero-order chi connectivity index (χ0) is 44.4. The van der Waals surface area contributed by atoms with Crippen molar-refractivity contribution in [2.75, 3.05) is 172 Å². The molecule has 22 heteroatoms. The van der Waals surface area contributed by atoms with E-state index in [4.69, 9.17) is 68.3 Å². The first-order valence-corrected chi connectivity index (χ1v) is 20.8. The summed E-state index contributed by atoms with van der Waals surface area (Å²) in [6, 6.07) is -2.29. The number of nitrogens with two attached hydrogens (primary N) is 2. The van der Waals surface area contributed by atoms with Gasteiger partial charge in [0.1, 0.15) is 12.1 Å². The molecule has 1 rings (SSSR count). The fraction of sp³-hybridized carbons (Fsp3) is 0.821. The van der Waals surface area contributed by atoms with E-state index in [2.05, 4.69) is 10.6 Å². The molecule has 0 radical (unpaired) electrons. The van der Waals surface area contributed by atoms with Crippen LogP contribution < -0.4 is 22.1 Å². The van der Waals surface area contributed by atoms with Gasteiger partial charge in [0.2, 0.25) is 17.7 Å². The lowest BCUT2D eigenvalue weighted by molar-refractivity contribution is -0.145. The number of carbonyl (C=O) groups excluding carboxylic acids is 5. The monoisotopic (exact) mass is 881 g/mol. The zero-order valence-corrected chi connectivity index (χ0v) is 35.9. The van der Waals surface area contributed by atoms with Crippen LogP contribution in [0.4, 0.5) is 0 Å². The Labute approximate surface area is 359 Å². The third-order valence-electron chi connectivity index (χ3n) is 8.21. The summed E-state index contributed by atoms with van der Waals surface area (Å²) in [6.07, 6.45) is 3.43. The highest BCUT2D eigenvalue weighted by atomic mass is 16.6. The van der Waals surface area contributed by atoms with Gasteiger partial charge in [-0.15, -0.1) is 0 Å². The van der Waals surface area contributed by atoms with Gasteiger partial charge in [0.15, 0.2) is 0 Å². The molecule has 2 atom stereocenters. The van der Waals surface area contributed by atoms with E-state index in [0.29, 0.717) is 165 Å². The topological polar surface area (TPSA) is 275 Å². The normalized spacial score (nSPS) is 13.6. The van der Waals surface area contributed by atoms with Crippen LogP contribution in [0.3, 0.4) is 0 Å². The minimum absolute atomic E-state index is 0.169. The molecule has 0 unspecified atom stereocenters. The highest BCUT2D eigenvalue weighted by Gasteiger charge is 2.36. The Kier molecular flexibility index (Phi) is 37.3. The largest absolute Gasteiger partial charge is 0.382 e. The number of primary amides is 1. The lowest BCUT2D eigenvalue weighted by Gasteiger charge is -2.26. The maximum absolute atomic E-state index is 12.6. The third kappa shape index (κ3) is 32.2. The number of imide groups is 1. The number of methoxy groups -OCH3 is 1. The van der Waals surface area contributed by atoms with E-state index in [-0.39, 0.29) is 31.9 Å². The molecule has 6 N–H and O–H groups in total.